The Morgan fingerprint density at radius 3 is 2.26 bits per heavy atom. The molecule has 178 valence electrons. The van der Waals surface area contributed by atoms with Gasteiger partial charge in [0.05, 0.1) is 28.8 Å². The Balaban J connectivity index is 1.46. The Labute approximate surface area is 205 Å². The molecule has 1 heterocycles. The minimum absolute atomic E-state index is 0.0846. The van der Waals surface area contributed by atoms with E-state index in [4.69, 9.17) is 16.3 Å². The van der Waals surface area contributed by atoms with E-state index in [-0.39, 0.29) is 22.2 Å². The van der Waals surface area contributed by atoms with Gasteiger partial charge in [0, 0.05) is 25.3 Å². The molecule has 0 spiro atoms. The predicted molar refractivity (Wildman–Crippen MR) is 134 cm³/mol. The highest BCUT2D eigenvalue weighted by molar-refractivity contribution is 7.92. The van der Waals surface area contributed by atoms with Crippen LogP contribution in [0.1, 0.15) is 5.56 Å². The second-order valence-electron chi connectivity index (χ2n) is 7.82. The van der Waals surface area contributed by atoms with Crippen LogP contribution in [0.5, 0.6) is 0 Å². The van der Waals surface area contributed by atoms with Crippen LogP contribution in [0.3, 0.4) is 0 Å². The van der Waals surface area contributed by atoms with Crippen molar-refractivity contribution in [3.8, 4) is 0 Å². The number of carbonyl (C=O) groups is 1. The van der Waals surface area contributed by atoms with Crippen LogP contribution in [0.4, 0.5) is 11.4 Å². The molecule has 9 heteroatoms. The van der Waals surface area contributed by atoms with Crippen molar-refractivity contribution >= 4 is 38.9 Å². The number of sulfonamides is 1. The number of rotatable bonds is 8. The zero-order chi connectivity index (χ0) is 24.0. The summed E-state index contributed by atoms with van der Waals surface area (Å²) in [5.74, 6) is -0.434. The summed E-state index contributed by atoms with van der Waals surface area (Å²) in [6.07, 6.45) is 0. The number of ether oxygens (including phenoxy) is 1. The summed E-state index contributed by atoms with van der Waals surface area (Å²) in [7, 11) is -4.00. The standard InChI is InChI=1S/C25H26ClN3O4S/c26-23-8-4-5-9-24(23)29(34(31,32)22-6-2-1-3-7-22)19-25(30)27-18-20-10-12-21(13-11-20)28-14-16-33-17-15-28/h1-13H,14-19H2,(H,27,30). The van der Waals surface area contributed by atoms with Crippen LogP contribution in [0.2, 0.25) is 5.02 Å². The van der Waals surface area contributed by atoms with Gasteiger partial charge in [-0.3, -0.25) is 9.10 Å². The average Bonchev–Trinajstić information content (AvgIpc) is 2.88. The number of hydrogen-bond acceptors (Lipinski definition) is 5. The van der Waals surface area contributed by atoms with E-state index in [0.29, 0.717) is 13.2 Å². The molecule has 0 atom stereocenters. The lowest BCUT2D eigenvalue weighted by Crippen LogP contribution is -2.40. The normalized spacial score (nSPS) is 14.0. The third kappa shape index (κ3) is 5.70. The number of carbonyl (C=O) groups excluding carboxylic acids is 1. The van der Waals surface area contributed by atoms with Crippen LogP contribution in [-0.4, -0.2) is 47.2 Å². The number of hydrogen-bond donors (Lipinski definition) is 1. The maximum atomic E-state index is 13.4. The molecule has 0 aromatic heterocycles. The van der Waals surface area contributed by atoms with Gasteiger partial charge in [0.1, 0.15) is 6.54 Å². The minimum atomic E-state index is -4.00. The Morgan fingerprint density at radius 1 is 0.941 bits per heavy atom. The number of anilines is 2. The van der Waals surface area contributed by atoms with Gasteiger partial charge in [0.2, 0.25) is 5.91 Å². The van der Waals surface area contributed by atoms with Crippen molar-refractivity contribution in [1.82, 2.24) is 5.32 Å². The van der Waals surface area contributed by atoms with Crippen molar-refractivity contribution in [3.63, 3.8) is 0 Å². The number of halogens is 1. The molecule has 1 fully saturated rings. The van der Waals surface area contributed by atoms with E-state index in [1.807, 2.05) is 24.3 Å². The first-order valence-electron chi connectivity index (χ1n) is 11.0. The fourth-order valence-corrected chi connectivity index (χ4v) is 5.46. The zero-order valence-corrected chi connectivity index (χ0v) is 20.1. The summed E-state index contributed by atoms with van der Waals surface area (Å²) >= 11 is 6.30. The third-order valence-corrected chi connectivity index (χ3v) is 7.64. The molecule has 1 aliphatic rings. The number of nitrogens with one attached hydrogen (secondary N) is 1. The molecule has 1 N–H and O–H groups in total. The van der Waals surface area contributed by atoms with Gasteiger partial charge in [0.25, 0.3) is 10.0 Å². The molecule has 34 heavy (non-hydrogen) atoms. The SMILES string of the molecule is O=C(CN(c1ccccc1Cl)S(=O)(=O)c1ccccc1)NCc1ccc(N2CCOCC2)cc1. The molecule has 0 radical (unpaired) electrons. The topological polar surface area (TPSA) is 79.0 Å². The highest BCUT2D eigenvalue weighted by atomic mass is 35.5. The van der Waals surface area contributed by atoms with Crippen LogP contribution < -0.4 is 14.5 Å². The lowest BCUT2D eigenvalue weighted by Gasteiger charge is -2.29. The number of amides is 1. The molecular weight excluding hydrogens is 474 g/mol. The quantitative estimate of drug-likeness (QED) is 0.511. The van der Waals surface area contributed by atoms with Gasteiger partial charge in [-0.25, -0.2) is 8.42 Å². The highest BCUT2D eigenvalue weighted by Gasteiger charge is 2.28. The van der Waals surface area contributed by atoms with Gasteiger partial charge < -0.3 is 15.0 Å². The van der Waals surface area contributed by atoms with Crippen LogP contribution >= 0.6 is 11.6 Å². The van der Waals surface area contributed by atoms with Gasteiger partial charge in [-0.15, -0.1) is 0 Å². The first-order chi connectivity index (χ1) is 16.4. The van der Waals surface area contributed by atoms with Crippen LogP contribution in [-0.2, 0) is 26.1 Å². The monoisotopic (exact) mass is 499 g/mol. The lowest BCUT2D eigenvalue weighted by atomic mass is 10.2. The minimum Gasteiger partial charge on any atom is -0.378 e. The van der Waals surface area contributed by atoms with Gasteiger partial charge in [0.15, 0.2) is 0 Å². The Bertz CT molecular complexity index is 1210. The fraction of sp³-hybridized carbons (Fsp3) is 0.240. The van der Waals surface area contributed by atoms with E-state index in [9.17, 15) is 13.2 Å². The van der Waals surface area contributed by atoms with E-state index >= 15 is 0 Å². The summed E-state index contributed by atoms with van der Waals surface area (Å²) in [6.45, 7) is 3.02. The number of benzene rings is 3. The Kier molecular flexibility index (Phi) is 7.72. The number of nitrogens with zero attached hydrogens (tertiary/aromatic N) is 2. The van der Waals surface area contributed by atoms with E-state index in [1.54, 1.807) is 42.5 Å². The molecule has 7 nitrogen and oxygen atoms in total. The molecule has 1 aliphatic heterocycles. The second-order valence-corrected chi connectivity index (χ2v) is 10.1. The van der Waals surface area contributed by atoms with Crippen LogP contribution in [0, 0.1) is 0 Å². The predicted octanol–water partition coefficient (Wildman–Crippen LogP) is 3.69. The molecule has 3 aromatic carbocycles. The summed E-state index contributed by atoms with van der Waals surface area (Å²) in [4.78, 5) is 15.2. The largest absolute Gasteiger partial charge is 0.378 e. The fourth-order valence-electron chi connectivity index (χ4n) is 3.71. The zero-order valence-electron chi connectivity index (χ0n) is 18.6. The number of morpholine rings is 1. The number of para-hydroxylation sites is 1. The average molecular weight is 500 g/mol. The van der Waals surface area contributed by atoms with Crippen molar-refractivity contribution in [1.29, 1.82) is 0 Å². The molecular formula is C25H26ClN3O4S. The summed E-state index contributed by atoms with van der Waals surface area (Å²) < 4.78 is 33.1. The second kappa shape index (κ2) is 10.9. The van der Waals surface area contributed by atoms with Crippen molar-refractivity contribution in [2.45, 2.75) is 11.4 Å². The van der Waals surface area contributed by atoms with E-state index in [2.05, 4.69) is 10.2 Å². The van der Waals surface area contributed by atoms with Crippen LogP contribution in [0.25, 0.3) is 0 Å². The van der Waals surface area contributed by atoms with Gasteiger partial charge in [-0.1, -0.05) is 54.1 Å². The van der Waals surface area contributed by atoms with Gasteiger partial charge in [-0.2, -0.15) is 0 Å². The third-order valence-electron chi connectivity index (χ3n) is 5.54. The van der Waals surface area contributed by atoms with Crippen molar-refractivity contribution in [3.05, 3.63) is 89.4 Å². The maximum absolute atomic E-state index is 13.4. The Hall–Kier alpha value is -3.07. The van der Waals surface area contributed by atoms with Gasteiger partial charge >= 0.3 is 0 Å². The first kappa shape index (κ1) is 24.1. The molecule has 0 saturated carbocycles. The molecule has 1 saturated heterocycles. The summed E-state index contributed by atoms with van der Waals surface area (Å²) in [5.41, 5.74) is 2.27. The molecule has 0 aliphatic carbocycles. The summed E-state index contributed by atoms with van der Waals surface area (Å²) in [6, 6.07) is 22.5. The van der Waals surface area contributed by atoms with E-state index in [1.165, 1.54) is 12.1 Å². The Morgan fingerprint density at radius 2 is 1.59 bits per heavy atom. The maximum Gasteiger partial charge on any atom is 0.264 e. The first-order valence-corrected chi connectivity index (χ1v) is 12.8. The summed E-state index contributed by atoms with van der Waals surface area (Å²) in [5, 5.41) is 3.06. The van der Waals surface area contributed by atoms with Gasteiger partial charge in [-0.05, 0) is 42.0 Å². The molecule has 1 amide bonds. The lowest BCUT2D eigenvalue weighted by molar-refractivity contribution is -0.119. The van der Waals surface area contributed by atoms with E-state index < -0.39 is 22.5 Å². The molecule has 0 unspecified atom stereocenters. The molecule has 4 rings (SSSR count). The molecule has 3 aromatic rings. The molecule has 0 bridgehead atoms. The smallest absolute Gasteiger partial charge is 0.264 e. The van der Waals surface area contributed by atoms with Crippen molar-refractivity contribution < 1.29 is 17.9 Å². The van der Waals surface area contributed by atoms with E-state index in [0.717, 1.165) is 28.6 Å². The van der Waals surface area contributed by atoms with Crippen molar-refractivity contribution in [2.75, 3.05) is 42.1 Å². The van der Waals surface area contributed by atoms with Crippen LogP contribution in [0.15, 0.2) is 83.8 Å². The van der Waals surface area contributed by atoms with Crippen molar-refractivity contribution in [2.24, 2.45) is 0 Å². The highest BCUT2D eigenvalue weighted by Crippen LogP contribution is 2.30.